The number of nitrogens with zero attached hydrogens (tertiary/aromatic N) is 3. The first-order valence-corrected chi connectivity index (χ1v) is 8.19. The summed E-state index contributed by atoms with van der Waals surface area (Å²) >= 11 is 1.84. The maximum Gasteiger partial charge on any atom is 0.326 e. The number of carboxylic acid groups (broad SMARTS) is 1. The van der Waals surface area contributed by atoms with Crippen LogP contribution in [0.15, 0.2) is 6.33 Å². The number of aromatic nitrogens is 2. The van der Waals surface area contributed by atoms with Crippen molar-refractivity contribution in [3.63, 3.8) is 0 Å². The van der Waals surface area contributed by atoms with Gasteiger partial charge in [-0.1, -0.05) is 0 Å². The molecule has 1 atom stereocenters. The van der Waals surface area contributed by atoms with Crippen molar-refractivity contribution in [2.75, 3.05) is 24.6 Å². The zero-order valence-corrected chi connectivity index (χ0v) is 12.4. The summed E-state index contributed by atoms with van der Waals surface area (Å²) in [6.07, 6.45) is 2.78. The van der Waals surface area contributed by atoms with E-state index in [-0.39, 0.29) is 19.0 Å². The number of hydrogen-bond acceptors (Lipinski definition) is 4. The molecule has 0 aliphatic carbocycles. The lowest BCUT2D eigenvalue weighted by molar-refractivity contribution is -0.142. The van der Waals surface area contributed by atoms with Gasteiger partial charge in [-0.15, -0.1) is 0 Å². The Bertz CT molecular complexity index is 539. The first kappa shape index (κ1) is 14.2. The third-order valence-corrected chi connectivity index (χ3v) is 4.97. The fourth-order valence-electron chi connectivity index (χ4n) is 2.78. The van der Waals surface area contributed by atoms with E-state index in [1.165, 1.54) is 4.90 Å². The molecule has 1 saturated heterocycles. The van der Waals surface area contributed by atoms with Crippen molar-refractivity contribution >= 4 is 23.8 Å². The molecule has 2 aliphatic rings. The summed E-state index contributed by atoms with van der Waals surface area (Å²) in [7, 11) is 0. The van der Waals surface area contributed by atoms with Crippen LogP contribution in [0.5, 0.6) is 0 Å². The Morgan fingerprint density at radius 2 is 2.24 bits per heavy atom. The van der Waals surface area contributed by atoms with Gasteiger partial charge in [0.1, 0.15) is 6.04 Å². The quantitative estimate of drug-likeness (QED) is 0.800. The largest absolute Gasteiger partial charge is 0.480 e. The second-order valence-electron chi connectivity index (χ2n) is 5.25. The lowest BCUT2D eigenvalue weighted by Crippen LogP contribution is -2.53. The van der Waals surface area contributed by atoms with E-state index < -0.39 is 12.0 Å². The highest BCUT2D eigenvalue weighted by atomic mass is 32.2. The van der Waals surface area contributed by atoms with Crippen LogP contribution in [0.3, 0.4) is 0 Å². The lowest BCUT2D eigenvalue weighted by atomic mass is 10.0. The number of rotatable bonds is 1. The fraction of sp³-hybridized carbons (Fsp3) is 0.615. The van der Waals surface area contributed by atoms with Gasteiger partial charge in [-0.05, 0) is 12.2 Å². The van der Waals surface area contributed by atoms with Gasteiger partial charge in [0, 0.05) is 25.3 Å². The number of imidazole rings is 1. The molecule has 1 aromatic rings. The molecule has 2 N–H and O–H groups in total. The number of carbonyl (C=O) groups excluding carboxylic acids is 1. The molecule has 2 amide bonds. The van der Waals surface area contributed by atoms with Crippen LogP contribution in [-0.2, 0) is 17.8 Å². The second-order valence-corrected chi connectivity index (χ2v) is 6.47. The van der Waals surface area contributed by atoms with E-state index in [0.29, 0.717) is 13.1 Å². The summed E-state index contributed by atoms with van der Waals surface area (Å²) in [4.78, 5) is 34.6. The summed E-state index contributed by atoms with van der Waals surface area (Å²) in [5.74, 6) is 0.991. The Kier molecular flexibility index (Phi) is 4.05. The number of H-pyrrole nitrogens is 1. The van der Waals surface area contributed by atoms with Crippen LogP contribution in [0.2, 0.25) is 0 Å². The first-order chi connectivity index (χ1) is 10.2. The molecule has 1 unspecified atom stereocenters. The van der Waals surface area contributed by atoms with Crippen LogP contribution in [0.1, 0.15) is 17.8 Å². The predicted octanol–water partition coefficient (Wildman–Crippen LogP) is 0.780. The van der Waals surface area contributed by atoms with Gasteiger partial charge in [0.2, 0.25) is 0 Å². The van der Waals surface area contributed by atoms with Crippen LogP contribution < -0.4 is 0 Å². The van der Waals surface area contributed by atoms with Crippen molar-refractivity contribution in [1.82, 2.24) is 19.8 Å². The van der Waals surface area contributed by atoms with E-state index in [0.717, 1.165) is 29.3 Å². The number of thioether (sulfide) groups is 1. The monoisotopic (exact) mass is 310 g/mol. The molecule has 21 heavy (non-hydrogen) atoms. The smallest absolute Gasteiger partial charge is 0.326 e. The highest BCUT2D eigenvalue weighted by molar-refractivity contribution is 7.99. The van der Waals surface area contributed by atoms with Crippen molar-refractivity contribution in [2.45, 2.75) is 25.4 Å². The van der Waals surface area contributed by atoms with Gasteiger partial charge >= 0.3 is 12.0 Å². The minimum absolute atomic E-state index is 0.176. The molecule has 3 heterocycles. The van der Waals surface area contributed by atoms with Gasteiger partial charge in [-0.2, -0.15) is 11.8 Å². The van der Waals surface area contributed by atoms with E-state index in [1.807, 2.05) is 11.8 Å². The molecule has 0 aromatic carbocycles. The average molecular weight is 310 g/mol. The number of amides is 2. The van der Waals surface area contributed by atoms with Gasteiger partial charge in [-0.3, -0.25) is 0 Å². The van der Waals surface area contributed by atoms with E-state index in [9.17, 15) is 14.7 Å². The minimum Gasteiger partial charge on any atom is -0.480 e. The van der Waals surface area contributed by atoms with E-state index in [4.69, 9.17) is 0 Å². The van der Waals surface area contributed by atoms with Crippen molar-refractivity contribution in [3.8, 4) is 0 Å². The van der Waals surface area contributed by atoms with Crippen LogP contribution in [0.4, 0.5) is 4.79 Å². The van der Waals surface area contributed by atoms with Crippen LogP contribution in [0, 0.1) is 0 Å². The van der Waals surface area contributed by atoms with Crippen molar-refractivity contribution < 1.29 is 14.7 Å². The molecule has 0 radical (unpaired) electrons. The molecule has 3 rings (SSSR count). The average Bonchev–Trinajstić information content (AvgIpc) is 2.76. The molecule has 1 fully saturated rings. The van der Waals surface area contributed by atoms with E-state index in [2.05, 4.69) is 9.97 Å². The second kappa shape index (κ2) is 5.97. The molecular formula is C13H18N4O3S. The molecule has 8 heteroatoms. The standard InChI is InChI=1S/C13H18N4O3S/c18-12(19)11-6-9-10(15-8-14-9)7-17(11)13(20)16-2-1-4-21-5-3-16/h8,11H,1-7H2,(H,14,15)(H,18,19). The predicted molar refractivity (Wildman–Crippen MR) is 78.2 cm³/mol. The molecular weight excluding hydrogens is 292 g/mol. The summed E-state index contributed by atoms with van der Waals surface area (Å²) in [5.41, 5.74) is 1.59. The molecule has 0 spiro atoms. The lowest BCUT2D eigenvalue weighted by Gasteiger charge is -2.36. The van der Waals surface area contributed by atoms with Gasteiger partial charge in [0.05, 0.1) is 24.3 Å². The van der Waals surface area contributed by atoms with Gasteiger partial charge < -0.3 is 19.9 Å². The Morgan fingerprint density at radius 3 is 3.05 bits per heavy atom. The number of urea groups is 1. The maximum atomic E-state index is 12.7. The molecule has 7 nitrogen and oxygen atoms in total. The third kappa shape index (κ3) is 2.85. The van der Waals surface area contributed by atoms with Crippen LogP contribution in [-0.4, -0.2) is 67.5 Å². The Balaban J connectivity index is 1.81. The Labute approximate surface area is 126 Å². The van der Waals surface area contributed by atoms with Gasteiger partial charge in [0.15, 0.2) is 0 Å². The summed E-state index contributed by atoms with van der Waals surface area (Å²) in [6, 6.07) is -1.01. The Hall–Kier alpha value is -1.70. The number of carbonyl (C=O) groups is 2. The Morgan fingerprint density at radius 1 is 1.38 bits per heavy atom. The fourth-order valence-corrected chi connectivity index (χ4v) is 3.66. The zero-order valence-electron chi connectivity index (χ0n) is 11.6. The van der Waals surface area contributed by atoms with E-state index >= 15 is 0 Å². The topological polar surface area (TPSA) is 89.5 Å². The zero-order chi connectivity index (χ0) is 14.8. The van der Waals surface area contributed by atoms with Crippen LogP contribution in [0.25, 0.3) is 0 Å². The van der Waals surface area contributed by atoms with Gasteiger partial charge in [0.25, 0.3) is 0 Å². The molecule has 0 bridgehead atoms. The van der Waals surface area contributed by atoms with Crippen LogP contribution >= 0.6 is 11.8 Å². The highest BCUT2D eigenvalue weighted by Gasteiger charge is 2.37. The molecule has 1 aromatic heterocycles. The summed E-state index contributed by atoms with van der Waals surface area (Å²) < 4.78 is 0. The summed E-state index contributed by atoms with van der Waals surface area (Å²) in [5, 5.41) is 9.42. The number of hydrogen-bond donors (Lipinski definition) is 2. The molecule has 114 valence electrons. The number of aromatic amines is 1. The van der Waals surface area contributed by atoms with Gasteiger partial charge in [-0.25, -0.2) is 14.6 Å². The third-order valence-electron chi connectivity index (χ3n) is 3.92. The van der Waals surface area contributed by atoms with Crippen molar-refractivity contribution in [3.05, 3.63) is 17.7 Å². The van der Waals surface area contributed by atoms with E-state index in [1.54, 1.807) is 11.2 Å². The number of aliphatic carboxylic acids is 1. The minimum atomic E-state index is -0.971. The molecule has 2 aliphatic heterocycles. The number of nitrogens with one attached hydrogen (secondary N) is 1. The SMILES string of the molecule is O=C(O)C1Cc2nc[nH]c2CN1C(=O)N1CCCSCC1. The highest BCUT2D eigenvalue weighted by Crippen LogP contribution is 2.23. The summed E-state index contributed by atoms with van der Waals surface area (Å²) in [6.45, 7) is 1.67. The number of fused-ring (bicyclic) bond motifs is 1. The maximum absolute atomic E-state index is 12.7. The van der Waals surface area contributed by atoms with Crippen molar-refractivity contribution in [1.29, 1.82) is 0 Å². The normalized spacial score (nSPS) is 22.6. The van der Waals surface area contributed by atoms with Crippen molar-refractivity contribution in [2.24, 2.45) is 0 Å². The molecule has 0 saturated carbocycles. The first-order valence-electron chi connectivity index (χ1n) is 7.04. The number of carboxylic acids is 1.